The van der Waals surface area contributed by atoms with Gasteiger partial charge in [0.25, 0.3) is 0 Å². The Balaban J connectivity index is 2.23. The lowest BCUT2D eigenvalue weighted by Gasteiger charge is -2.24. The lowest BCUT2D eigenvalue weighted by atomic mass is 10.1. The first-order valence-corrected chi connectivity index (χ1v) is 7.94. The summed E-state index contributed by atoms with van der Waals surface area (Å²) in [4.78, 5) is 15.0. The second kappa shape index (κ2) is 5.34. The fourth-order valence-electron chi connectivity index (χ4n) is 2.05. The topological polar surface area (TPSA) is 96.4 Å². The van der Waals surface area contributed by atoms with E-state index >= 15 is 0 Å². The quantitative estimate of drug-likeness (QED) is 0.820. The maximum atomic E-state index is 11.5. The molecule has 0 bridgehead atoms. The maximum absolute atomic E-state index is 11.5. The molecule has 104 valence electrons. The summed E-state index contributed by atoms with van der Waals surface area (Å²) < 4.78 is 23.1. The molecule has 1 aliphatic heterocycles. The van der Waals surface area contributed by atoms with Gasteiger partial charge in [-0.25, -0.2) is 18.2 Å². The van der Waals surface area contributed by atoms with Gasteiger partial charge in [0.15, 0.2) is 9.84 Å². The van der Waals surface area contributed by atoms with Crippen LogP contribution in [0.5, 0.6) is 0 Å². The van der Waals surface area contributed by atoms with E-state index in [0.29, 0.717) is 12.8 Å². The number of aromatic nitrogens is 1. The predicted octanol–water partition coefficient (Wildman–Crippen LogP) is 1.42. The summed E-state index contributed by atoms with van der Waals surface area (Å²) in [5.41, 5.74) is -0.0210. The Labute approximate surface area is 115 Å². The zero-order valence-corrected chi connectivity index (χ0v) is 11.5. The summed E-state index contributed by atoms with van der Waals surface area (Å²) in [6, 6.07) is 2.40. The second-order valence-corrected chi connectivity index (χ2v) is 7.05. The van der Waals surface area contributed by atoms with E-state index in [1.54, 1.807) is 0 Å². The molecule has 0 spiro atoms. The predicted molar refractivity (Wildman–Crippen MR) is 71.5 cm³/mol. The molecule has 1 saturated heterocycles. The first-order valence-electron chi connectivity index (χ1n) is 5.74. The number of nitrogens with one attached hydrogen (secondary N) is 1. The van der Waals surface area contributed by atoms with Crippen LogP contribution in [0.3, 0.4) is 0 Å². The number of aromatic carboxylic acids is 1. The summed E-state index contributed by atoms with van der Waals surface area (Å²) in [6.07, 6.45) is 1.22. The van der Waals surface area contributed by atoms with Crippen LogP contribution in [0.2, 0.25) is 5.15 Å². The van der Waals surface area contributed by atoms with Crippen molar-refractivity contribution in [1.82, 2.24) is 4.98 Å². The van der Waals surface area contributed by atoms with E-state index in [9.17, 15) is 13.2 Å². The van der Waals surface area contributed by atoms with E-state index in [0.717, 1.165) is 0 Å². The van der Waals surface area contributed by atoms with Crippen LogP contribution in [0.25, 0.3) is 0 Å². The molecule has 0 aliphatic carbocycles. The van der Waals surface area contributed by atoms with E-state index in [1.807, 2.05) is 0 Å². The first kappa shape index (κ1) is 14.1. The fourth-order valence-corrected chi connectivity index (χ4v) is 3.83. The molecule has 2 heterocycles. The summed E-state index contributed by atoms with van der Waals surface area (Å²) in [6.45, 7) is 0. The molecule has 1 aliphatic rings. The van der Waals surface area contributed by atoms with Crippen LogP contribution >= 0.6 is 11.6 Å². The van der Waals surface area contributed by atoms with Crippen LogP contribution in [-0.2, 0) is 9.84 Å². The highest BCUT2D eigenvalue weighted by atomic mass is 35.5. The molecule has 6 nitrogen and oxygen atoms in total. The minimum Gasteiger partial charge on any atom is -0.478 e. The zero-order chi connectivity index (χ0) is 14.0. The minimum atomic E-state index is -3.07. The van der Waals surface area contributed by atoms with Crippen molar-refractivity contribution in [2.45, 2.75) is 18.9 Å². The third kappa shape index (κ3) is 3.57. The van der Waals surface area contributed by atoms with Crippen LogP contribution in [0.4, 0.5) is 5.82 Å². The third-order valence-electron chi connectivity index (χ3n) is 2.90. The molecule has 0 aromatic carbocycles. The van der Waals surface area contributed by atoms with Gasteiger partial charge in [0.1, 0.15) is 16.5 Å². The number of sulfone groups is 1. The van der Waals surface area contributed by atoms with Crippen molar-refractivity contribution < 1.29 is 18.3 Å². The van der Waals surface area contributed by atoms with E-state index in [1.165, 1.54) is 12.1 Å². The highest BCUT2D eigenvalue weighted by Crippen LogP contribution is 2.21. The van der Waals surface area contributed by atoms with Gasteiger partial charge in [-0.2, -0.15) is 0 Å². The molecule has 1 unspecified atom stereocenters. The molecule has 0 amide bonds. The van der Waals surface area contributed by atoms with Gasteiger partial charge in [0.05, 0.1) is 11.5 Å². The summed E-state index contributed by atoms with van der Waals surface area (Å²) in [5.74, 6) is -0.854. The molecule has 1 atom stereocenters. The Hall–Kier alpha value is -1.34. The number of hydrogen-bond donors (Lipinski definition) is 2. The number of hydrogen-bond acceptors (Lipinski definition) is 5. The molecule has 19 heavy (non-hydrogen) atoms. The third-order valence-corrected chi connectivity index (χ3v) is 4.93. The normalized spacial score (nSPS) is 21.8. The standard InChI is InChI=1S/C11H13ClN2O4S/c12-9-4-3-8(11(15)16)10(14-9)13-7-2-1-5-19(17,18)6-7/h3-4,7H,1-2,5-6H2,(H,13,14)(H,15,16). The van der Waals surface area contributed by atoms with Crippen molar-refractivity contribution >= 4 is 33.2 Å². The highest BCUT2D eigenvalue weighted by molar-refractivity contribution is 7.91. The summed E-state index contributed by atoms with van der Waals surface area (Å²) >= 11 is 5.73. The van der Waals surface area contributed by atoms with Crippen LogP contribution in [-0.4, -0.2) is 42.0 Å². The van der Waals surface area contributed by atoms with Crippen LogP contribution in [0.15, 0.2) is 12.1 Å². The Morgan fingerprint density at radius 3 is 2.84 bits per heavy atom. The number of anilines is 1. The molecular formula is C11H13ClN2O4S. The molecular weight excluding hydrogens is 292 g/mol. The Morgan fingerprint density at radius 1 is 1.47 bits per heavy atom. The van der Waals surface area contributed by atoms with Crippen molar-refractivity contribution in [2.24, 2.45) is 0 Å². The van der Waals surface area contributed by atoms with Crippen LogP contribution < -0.4 is 5.32 Å². The molecule has 1 fully saturated rings. The average molecular weight is 305 g/mol. The Bertz CT molecular complexity index is 603. The van der Waals surface area contributed by atoms with Crippen molar-refractivity contribution in [3.63, 3.8) is 0 Å². The van der Waals surface area contributed by atoms with Gasteiger partial charge in [0.2, 0.25) is 0 Å². The molecule has 1 aromatic heterocycles. The summed E-state index contributed by atoms with van der Waals surface area (Å²) in [5, 5.41) is 12.1. The van der Waals surface area contributed by atoms with E-state index in [2.05, 4.69) is 10.3 Å². The van der Waals surface area contributed by atoms with Crippen molar-refractivity contribution in [1.29, 1.82) is 0 Å². The number of carbonyl (C=O) groups is 1. The number of pyridine rings is 1. The first-order chi connectivity index (χ1) is 8.87. The van der Waals surface area contributed by atoms with Crippen LogP contribution in [0, 0.1) is 0 Å². The van der Waals surface area contributed by atoms with E-state index in [-0.39, 0.29) is 34.1 Å². The molecule has 2 N–H and O–H groups in total. The minimum absolute atomic E-state index is 0.0136. The van der Waals surface area contributed by atoms with Gasteiger partial charge in [-0.15, -0.1) is 0 Å². The van der Waals surface area contributed by atoms with Gasteiger partial charge >= 0.3 is 5.97 Å². The lowest BCUT2D eigenvalue weighted by Crippen LogP contribution is -2.35. The van der Waals surface area contributed by atoms with E-state index < -0.39 is 15.8 Å². The SMILES string of the molecule is O=C(O)c1ccc(Cl)nc1NC1CCCS(=O)(=O)C1. The number of halogens is 1. The number of rotatable bonds is 3. The molecule has 2 rings (SSSR count). The monoisotopic (exact) mass is 304 g/mol. The van der Waals surface area contributed by atoms with Crippen molar-refractivity contribution in [3.8, 4) is 0 Å². The Morgan fingerprint density at radius 2 is 2.21 bits per heavy atom. The Kier molecular flexibility index (Phi) is 3.96. The number of carboxylic acid groups (broad SMARTS) is 1. The smallest absolute Gasteiger partial charge is 0.339 e. The van der Waals surface area contributed by atoms with Crippen molar-refractivity contribution in [3.05, 3.63) is 22.8 Å². The lowest BCUT2D eigenvalue weighted by molar-refractivity contribution is 0.0697. The fraction of sp³-hybridized carbons (Fsp3) is 0.455. The largest absolute Gasteiger partial charge is 0.478 e. The van der Waals surface area contributed by atoms with Gasteiger partial charge in [-0.1, -0.05) is 11.6 Å². The van der Waals surface area contributed by atoms with Gasteiger partial charge < -0.3 is 10.4 Å². The summed E-state index contributed by atoms with van der Waals surface area (Å²) in [7, 11) is -3.07. The second-order valence-electron chi connectivity index (χ2n) is 4.43. The molecule has 1 aromatic rings. The van der Waals surface area contributed by atoms with Gasteiger partial charge in [0, 0.05) is 6.04 Å². The highest BCUT2D eigenvalue weighted by Gasteiger charge is 2.26. The van der Waals surface area contributed by atoms with Gasteiger partial charge in [-0.3, -0.25) is 0 Å². The number of nitrogens with zero attached hydrogens (tertiary/aromatic N) is 1. The van der Waals surface area contributed by atoms with E-state index in [4.69, 9.17) is 16.7 Å². The molecule has 0 radical (unpaired) electrons. The molecule has 0 saturated carbocycles. The average Bonchev–Trinajstić information content (AvgIpc) is 2.27. The maximum Gasteiger partial charge on any atom is 0.339 e. The number of carboxylic acids is 1. The zero-order valence-electron chi connectivity index (χ0n) is 9.97. The van der Waals surface area contributed by atoms with Crippen molar-refractivity contribution in [2.75, 3.05) is 16.8 Å². The molecule has 8 heteroatoms. The van der Waals surface area contributed by atoms with Crippen LogP contribution in [0.1, 0.15) is 23.2 Å². The van der Waals surface area contributed by atoms with Gasteiger partial charge in [-0.05, 0) is 25.0 Å².